The van der Waals surface area contributed by atoms with Gasteiger partial charge < -0.3 is 15.4 Å². The van der Waals surface area contributed by atoms with Gasteiger partial charge in [-0.3, -0.25) is 4.79 Å². The predicted octanol–water partition coefficient (Wildman–Crippen LogP) is 1.07. The molecule has 0 saturated heterocycles. The first-order valence-corrected chi connectivity index (χ1v) is 5.85. The van der Waals surface area contributed by atoms with Gasteiger partial charge in [-0.1, -0.05) is 12.1 Å². The van der Waals surface area contributed by atoms with E-state index in [1.54, 1.807) is 19.2 Å². The fourth-order valence-electron chi connectivity index (χ4n) is 1.54. The monoisotopic (exact) mass is 254 g/mol. The van der Waals surface area contributed by atoms with Gasteiger partial charge in [0.05, 0.1) is 13.2 Å². The standard InChI is InChI=1S/C13H19FN2O2/c1-10(9-18-2)16-13(17)8-15-7-11-3-5-12(14)6-4-11/h3-6,10,15H,7-9H2,1-2H3,(H,16,17). The highest BCUT2D eigenvalue weighted by Gasteiger charge is 2.06. The van der Waals surface area contributed by atoms with E-state index < -0.39 is 0 Å². The summed E-state index contributed by atoms with van der Waals surface area (Å²) in [7, 11) is 1.59. The SMILES string of the molecule is COCC(C)NC(=O)CNCc1ccc(F)cc1. The molecule has 1 aromatic carbocycles. The molecule has 100 valence electrons. The van der Waals surface area contributed by atoms with Crippen molar-refractivity contribution in [2.45, 2.75) is 19.5 Å². The normalized spacial score (nSPS) is 12.2. The van der Waals surface area contributed by atoms with Crippen molar-refractivity contribution in [1.82, 2.24) is 10.6 Å². The summed E-state index contributed by atoms with van der Waals surface area (Å²) in [5.74, 6) is -0.341. The summed E-state index contributed by atoms with van der Waals surface area (Å²) in [6.45, 7) is 3.13. The number of rotatable bonds is 7. The third kappa shape index (κ3) is 5.75. The Bertz CT molecular complexity index is 368. The van der Waals surface area contributed by atoms with Crippen molar-refractivity contribution in [3.63, 3.8) is 0 Å². The molecule has 1 rings (SSSR count). The number of halogens is 1. The molecule has 1 aromatic rings. The molecule has 1 amide bonds. The molecule has 0 bridgehead atoms. The van der Waals surface area contributed by atoms with Gasteiger partial charge in [0.15, 0.2) is 0 Å². The quantitative estimate of drug-likeness (QED) is 0.765. The average Bonchev–Trinajstić information content (AvgIpc) is 2.32. The molecule has 0 aliphatic heterocycles. The molecule has 18 heavy (non-hydrogen) atoms. The first-order valence-electron chi connectivity index (χ1n) is 5.85. The molecule has 5 heteroatoms. The molecule has 1 unspecified atom stereocenters. The largest absolute Gasteiger partial charge is 0.383 e. The Morgan fingerprint density at radius 1 is 1.39 bits per heavy atom. The van der Waals surface area contributed by atoms with Crippen molar-refractivity contribution in [3.8, 4) is 0 Å². The molecule has 0 aliphatic rings. The van der Waals surface area contributed by atoms with E-state index in [-0.39, 0.29) is 24.3 Å². The Kier molecular flexibility index (Phi) is 6.32. The van der Waals surface area contributed by atoms with Gasteiger partial charge in [0, 0.05) is 19.7 Å². The van der Waals surface area contributed by atoms with Crippen LogP contribution in [0.15, 0.2) is 24.3 Å². The molecule has 2 N–H and O–H groups in total. The van der Waals surface area contributed by atoms with E-state index in [1.165, 1.54) is 12.1 Å². The maximum absolute atomic E-state index is 12.7. The van der Waals surface area contributed by atoms with Crippen LogP contribution in [0.25, 0.3) is 0 Å². The van der Waals surface area contributed by atoms with Gasteiger partial charge in [0.1, 0.15) is 5.82 Å². The number of methoxy groups -OCH3 is 1. The van der Waals surface area contributed by atoms with Gasteiger partial charge in [-0.25, -0.2) is 4.39 Å². The van der Waals surface area contributed by atoms with Gasteiger partial charge in [-0.05, 0) is 24.6 Å². The molecular formula is C13H19FN2O2. The highest BCUT2D eigenvalue weighted by Crippen LogP contribution is 2.01. The second-order valence-electron chi connectivity index (χ2n) is 4.15. The lowest BCUT2D eigenvalue weighted by Gasteiger charge is -2.13. The fraction of sp³-hybridized carbons (Fsp3) is 0.462. The van der Waals surface area contributed by atoms with Gasteiger partial charge in [-0.15, -0.1) is 0 Å². The average molecular weight is 254 g/mol. The number of nitrogens with one attached hydrogen (secondary N) is 2. The van der Waals surface area contributed by atoms with Crippen LogP contribution in [0, 0.1) is 5.82 Å². The highest BCUT2D eigenvalue weighted by molar-refractivity contribution is 5.78. The van der Waals surface area contributed by atoms with Crippen LogP contribution in [0.1, 0.15) is 12.5 Å². The summed E-state index contributed by atoms with van der Waals surface area (Å²) >= 11 is 0. The molecule has 0 heterocycles. The molecule has 4 nitrogen and oxygen atoms in total. The zero-order valence-corrected chi connectivity index (χ0v) is 10.7. The van der Waals surface area contributed by atoms with Crippen molar-refractivity contribution in [1.29, 1.82) is 0 Å². The predicted molar refractivity (Wildman–Crippen MR) is 67.6 cm³/mol. The molecule has 0 radical (unpaired) electrons. The molecule has 0 saturated carbocycles. The van der Waals surface area contributed by atoms with E-state index >= 15 is 0 Å². The van der Waals surface area contributed by atoms with E-state index in [4.69, 9.17) is 4.74 Å². The molecule has 0 spiro atoms. The third-order valence-electron chi connectivity index (χ3n) is 2.35. The first-order chi connectivity index (χ1) is 8.61. The van der Waals surface area contributed by atoms with E-state index in [0.717, 1.165) is 5.56 Å². The van der Waals surface area contributed by atoms with Gasteiger partial charge in [-0.2, -0.15) is 0 Å². The lowest BCUT2D eigenvalue weighted by Crippen LogP contribution is -2.40. The van der Waals surface area contributed by atoms with Crippen molar-refractivity contribution < 1.29 is 13.9 Å². The van der Waals surface area contributed by atoms with Gasteiger partial charge >= 0.3 is 0 Å². The van der Waals surface area contributed by atoms with E-state index in [9.17, 15) is 9.18 Å². The zero-order valence-electron chi connectivity index (χ0n) is 10.7. The third-order valence-corrected chi connectivity index (χ3v) is 2.35. The molecule has 0 fully saturated rings. The summed E-state index contributed by atoms with van der Waals surface area (Å²) < 4.78 is 17.6. The van der Waals surface area contributed by atoms with Crippen LogP contribution in [0.3, 0.4) is 0 Å². The van der Waals surface area contributed by atoms with Crippen LogP contribution >= 0.6 is 0 Å². The summed E-state index contributed by atoms with van der Waals surface area (Å²) in [6.07, 6.45) is 0. The number of benzene rings is 1. The van der Waals surface area contributed by atoms with Crippen molar-refractivity contribution in [2.24, 2.45) is 0 Å². The second kappa shape index (κ2) is 7.79. The maximum Gasteiger partial charge on any atom is 0.234 e. The molecule has 1 atom stereocenters. The van der Waals surface area contributed by atoms with Crippen LogP contribution < -0.4 is 10.6 Å². The Hall–Kier alpha value is -1.46. The topological polar surface area (TPSA) is 50.4 Å². The fourth-order valence-corrected chi connectivity index (χ4v) is 1.54. The minimum atomic E-state index is -0.259. The van der Waals surface area contributed by atoms with Crippen molar-refractivity contribution in [2.75, 3.05) is 20.3 Å². The highest BCUT2D eigenvalue weighted by atomic mass is 19.1. The number of carbonyl (C=O) groups is 1. The summed E-state index contributed by atoms with van der Waals surface area (Å²) in [6, 6.07) is 6.17. The van der Waals surface area contributed by atoms with Gasteiger partial charge in [0.2, 0.25) is 5.91 Å². The van der Waals surface area contributed by atoms with Crippen LogP contribution in [0.4, 0.5) is 4.39 Å². The Morgan fingerprint density at radius 2 is 2.06 bits per heavy atom. The number of hydrogen-bond donors (Lipinski definition) is 2. The van der Waals surface area contributed by atoms with Crippen LogP contribution in [-0.4, -0.2) is 32.2 Å². The zero-order chi connectivity index (χ0) is 13.4. The smallest absolute Gasteiger partial charge is 0.234 e. The van der Waals surface area contributed by atoms with Crippen molar-refractivity contribution >= 4 is 5.91 Å². The van der Waals surface area contributed by atoms with Crippen LogP contribution in [0.5, 0.6) is 0 Å². The van der Waals surface area contributed by atoms with Crippen LogP contribution in [0.2, 0.25) is 0 Å². The number of hydrogen-bond acceptors (Lipinski definition) is 3. The first kappa shape index (κ1) is 14.6. The minimum absolute atomic E-state index is 0.00452. The minimum Gasteiger partial charge on any atom is -0.383 e. The van der Waals surface area contributed by atoms with E-state index in [1.807, 2.05) is 6.92 Å². The number of carbonyl (C=O) groups excluding carboxylic acids is 1. The van der Waals surface area contributed by atoms with E-state index in [0.29, 0.717) is 13.2 Å². The lowest BCUT2D eigenvalue weighted by atomic mass is 10.2. The summed E-state index contributed by atoms with van der Waals surface area (Å²) in [4.78, 5) is 11.5. The maximum atomic E-state index is 12.7. The Labute approximate surface area is 107 Å². The number of ether oxygens (including phenoxy) is 1. The molecule has 0 aliphatic carbocycles. The summed E-state index contributed by atoms with van der Waals surface area (Å²) in [5, 5.41) is 5.78. The Morgan fingerprint density at radius 3 is 2.67 bits per heavy atom. The molecular weight excluding hydrogens is 235 g/mol. The van der Waals surface area contributed by atoms with E-state index in [2.05, 4.69) is 10.6 Å². The van der Waals surface area contributed by atoms with Crippen molar-refractivity contribution in [3.05, 3.63) is 35.6 Å². The lowest BCUT2D eigenvalue weighted by molar-refractivity contribution is -0.121. The summed E-state index contributed by atoms with van der Waals surface area (Å²) in [5.41, 5.74) is 0.939. The van der Waals surface area contributed by atoms with Gasteiger partial charge in [0.25, 0.3) is 0 Å². The van der Waals surface area contributed by atoms with Crippen LogP contribution in [-0.2, 0) is 16.1 Å². The number of amides is 1. The second-order valence-corrected chi connectivity index (χ2v) is 4.15. The molecule has 0 aromatic heterocycles. The Balaban J connectivity index is 2.21.